The number of hydrogen-bond donors (Lipinski definition) is 3. The first kappa shape index (κ1) is 26.1. The van der Waals surface area contributed by atoms with Gasteiger partial charge in [-0.25, -0.2) is 15.0 Å². The van der Waals surface area contributed by atoms with E-state index in [1.54, 1.807) is 37.3 Å². The Hall–Kier alpha value is -3.93. The molecule has 0 unspecified atom stereocenters. The number of halogens is 3. The van der Waals surface area contributed by atoms with Crippen LogP contribution in [0.25, 0.3) is 0 Å². The Bertz CT molecular complexity index is 1340. The first-order valence-electron chi connectivity index (χ1n) is 11.3. The lowest BCUT2D eigenvalue weighted by molar-refractivity contribution is -0.137. The Morgan fingerprint density at radius 2 is 1.86 bits per heavy atom. The molecule has 0 atom stereocenters. The third-order valence-corrected chi connectivity index (χ3v) is 6.23. The number of anilines is 2. The molecule has 0 aliphatic carbocycles. The number of benzene rings is 2. The highest BCUT2D eigenvalue weighted by molar-refractivity contribution is 7.99. The van der Waals surface area contributed by atoms with E-state index in [1.165, 1.54) is 23.9 Å². The predicted octanol–water partition coefficient (Wildman–Crippen LogP) is 5.53. The maximum absolute atomic E-state index is 13.2. The fraction of sp³-hybridized carbons (Fsp3) is 0.240. The molecule has 1 aromatic heterocycles. The molecule has 2 heterocycles. The van der Waals surface area contributed by atoms with Crippen molar-refractivity contribution in [1.82, 2.24) is 9.97 Å². The maximum atomic E-state index is 13.2. The van der Waals surface area contributed by atoms with Crippen molar-refractivity contribution in [2.75, 3.05) is 23.3 Å². The molecule has 1 aliphatic heterocycles. The summed E-state index contributed by atoms with van der Waals surface area (Å²) < 4.78 is 39.7. The molecule has 3 aromatic rings. The van der Waals surface area contributed by atoms with Gasteiger partial charge in [0.1, 0.15) is 11.7 Å². The van der Waals surface area contributed by atoms with E-state index < -0.39 is 23.2 Å². The van der Waals surface area contributed by atoms with Crippen molar-refractivity contribution in [3.05, 3.63) is 65.7 Å². The van der Waals surface area contributed by atoms with Crippen molar-refractivity contribution < 1.29 is 18.0 Å². The third-order valence-electron chi connectivity index (χ3n) is 5.36. The van der Waals surface area contributed by atoms with Gasteiger partial charge < -0.3 is 21.4 Å². The van der Waals surface area contributed by atoms with Gasteiger partial charge in [-0.3, -0.25) is 4.79 Å². The lowest BCUT2D eigenvalue weighted by Gasteiger charge is -2.32. The van der Waals surface area contributed by atoms with Crippen LogP contribution in [0.3, 0.4) is 0 Å². The summed E-state index contributed by atoms with van der Waals surface area (Å²) in [5.41, 5.74) is 5.24. The molecule has 0 spiro atoms. The number of aromatic nitrogens is 2. The van der Waals surface area contributed by atoms with E-state index >= 15 is 0 Å². The molecule has 2 aromatic carbocycles. The monoisotopic (exact) mass is 527 g/mol. The van der Waals surface area contributed by atoms with Crippen molar-refractivity contribution >= 4 is 46.5 Å². The largest absolute Gasteiger partial charge is 0.417 e. The second-order valence-corrected chi connectivity index (χ2v) is 9.43. The number of amides is 1. The molecule has 192 valence electrons. The SMILES string of the molecule is CC(=N)CC(N)=Nc1cc(N2CCC2)nc(Sc2ccc(NC(=O)c3ccccc3C(F)(F)F)cc2)n1. The summed E-state index contributed by atoms with van der Waals surface area (Å²) >= 11 is 1.28. The van der Waals surface area contributed by atoms with Gasteiger partial charge in [0.25, 0.3) is 5.91 Å². The molecule has 1 amide bonds. The molecule has 0 saturated carbocycles. The first-order chi connectivity index (χ1) is 17.6. The number of amidine groups is 1. The Morgan fingerprint density at radius 3 is 2.49 bits per heavy atom. The Balaban J connectivity index is 1.50. The van der Waals surface area contributed by atoms with Crippen molar-refractivity contribution in [2.24, 2.45) is 10.7 Å². The highest BCUT2D eigenvalue weighted by Gasteiger charge is 2.34. The number of nitrogens with one attached hydrogen (secondary N) is 2. The van der Waals surface area contributed by atoms with Crippen LogP contribution in [0.1, 0.15) is 35.7 Å². The zero-order chi connectivity index (χ0) is 26.6. The number of rotatable bonds is 8. The molecule has 0 bridgehead atoms. The molecule has 4 N–H and O–H groups in total. The number of aliphatic imine (C=N–C) groups is 1. The lowest BCUT2D eigenvalue weighted by Crippen LogP contribution is -2.37. The number of nitrogens with two attached hydrogens (primary N) is 1. The highest BCUT2D eigenvalue weighted by Crippen LogP contribution is 2.33. The molecule has 1 aliphatic rings. The first-order valence-corrected chi connectivity index (χ1v) is 12.2. The number of nitrogens with zero attached hydrogens (tertiary/aromatic N) is 4. The number of hydrogen-bond acceptors (Lipinski definition) is 7. The van der Waals surface area contributed by atoms with Gasteiger partial charge in [-0.2, -0.15) is 13.2 Å². The normalized spacial score (nSPS) is 13.7. The molecule has 4 rings (SSSR count). The Labute approximate surface area is 215 Å². The van der Waals surface area contributed by atoms with E-state index in [9.17, 15) is 18.0 Å². The summed E-state index contributed by atoms with van der Waals surface area (Å²) in [7, 11) is 0. The van der Waals surface area contributed by atoms with Crippen LogP contribution in [-0.2, 0) is 6.18 Å². The number of carbonyl (C=O) groups excluding carboxylic acids is 1. The standard InChI is InChI=1S/C25H24F3N7OS/c1-15(29)13-20(30)32-21-14-22(35-11-4-12-35)34-24(33-21)37-17-9-7-16(8-10-17)31-23(36)18-5-2-3-6-19(18)25(26,27)28/h2-3,5-10,14,29H,4,11-13H2,1H3,(H,31,36)(H2,30,32,33,34). The fourth-order valence-electron chi connectivity index (χ4n) is 3.51. The van der Waals surface area contributed by atoms with E-state index in [4.69, 9.17) is 11.1 Å². The van der Waals surface area contributed by atoms with Crippen LogP contribution in [0.2, 0.25) is 0 Å². The minimum Gasteiger partial charge on any atom is -0.387 e. The van der Waals surface area contributed by atoms with Crippen molar-refractivity contribution in [1.29, 1.82) is 5.41 Å². The van der Waals surface area contributed by atoms with Gasteiger partial charge >= 0.3 is 6.18 Å². The van der Waals surface area contributed by atoms with Gasteiger partial charge in [0.2, 0.25) is 0 Å². The van der Waals surface area contributed by atoms with E-state index in [-0.39, 0.29) is 12.3 Å². The molecule has 1 saturated heterocycles. The highest BCUT2D eigenvalue weighted by atomic mass is 32.2. The van der Waals surface area contributed by atoms with Crippen LogP contribution < -0.4 is 16.0 Å². The van der Waals surface area contributed by atoms with Crippen molar-refractivity contribution in [3.8, 4) is 0 Å². The third kappa shape index (κ3) is 6.85. The molecule has 8 nitrogen and oxygen atoms in total. The van der Waals surface area contributed by atoms with Crippen LogP contribution in [-0.4, -0.2) is 40.5 Å². The minimum absolute atomic E-state index is 0.242. The number of carbonyl (C=O) groups is 1. The zero-order valence-corrected chi connectivity index (χ0v) is 20.7. The Kier molecular flexibility index (Phi) is 7.77. The van der Waals surface area contributed by atoms with Crippen molar-refractivity contribution in [2.45, 2.75) is 36.0 Å². The molecule has 12 heteroatoms. The average Bonchev–Trinajstić information content (AvgIpc) is 2.78. The van der Waals surface area contributed by atoms with E-state index in [1.807, 2.05) is 0 Å². The summed E-state index contributed by atoms with van der Waals surface area (Å²) in [4.78, 5) is 28.8. The van der Waals surface area contributed by atoms with E-state index in [0.29, 0.717) is 22.4 Å². The molecule has 37 heavy (non-hydrogen) atoms. The van der Waals surface area contributed by atoms with Gasteiger partial charge in [-0.05, 0) is 61.5 Å². The molecule has 1 fully saturated rings. The van der Waals surface area contributed by atoms with Crippen LogP contribution in [0.15, 0.2) is 69.6 Å². The topological polar surface area (TPSA) is 120 Å². The predicted molar refractivity (Wildman–Crippen MR) is 138 cm³/mol. The molecular weight excluding hydrogens is 503 g/mol. The summed E-state index contributed by atoms with van der Waals surface area (Å²) in [5.74, 6) is 0.558. The van der Waals surface area contributed by atoms with Gasteiger partial charge in [-0.15, -0.1) is 0 Å². The van der Waals surface area contributed by atoms with Gasteiger partial charge in [0.05, 0.1) is 11.1 Å². The number of alkyl halides is 3. The van der Waals surface area contributed by atoms with Gasteiger partial charge in [0, 0.05) is 41.9 Å². The van der Waals surface area contributed by atoms with Gasteiger partial charge in [-0.1, -0.05) is 12.1 Å². The molecular formula is C25H24F3N7OS. The summed E-state index contributed by atoms with van der Waals surface area (Å²) in [6.45, 7) is 3.41. The summed E-state index contributed by atoms with van der Waals surface area (Å²) in [6, 6.07) is 13.0. The van der Waals surface area contributed by atoms with Crippen LogP contribution >= 0.6 is 11.8 Å². The fourth-order valence-corrected chi connectivity index (χ4v) is 4.27. The molecule has 0 radical (unpaired) electrons. The summed E-state index contributed by atoms with van der Waals surface area (Å²) in [6.07, 6.45) is -3.32. The second kappa shape index (κ2) is 11.0. The van der Waals surface area contributed by atoms with Crippen molar-refractivity contribution in [3.63, 3.8) is 0 Å². The van der Waals surface area contributed by atoms with Gasteiger partial charge in [0.15, 0.2) is 11.0 Å². The minimum atomic E-state index is -4.63. The zero-order valence-electron chi connectivity index (χ0n) is 19.8. The maximum Gasteiger partial charge on any atom is 0.417 e. The van der Waals surface area contributed by atoms with Crippen LogP contribution in [0.4, 0.5) is 30.5 Å². The van der Waals surface area contributed by atoms with E-state index in [0.717, 1.165) is 42.4 Å². The average molecular weight is 528 g/mol. The lowest BCUT2D eigenvalue weighted by atomic mass is 10.1. The quantitative estimate of drug-likeness (QED) is 0.201. The van der Waals surface area contributed by atoms with Crippen LogP contribution in [0, 0.1) is 5.41 Å². The van der Waals surface area contributed by atoms with E-state index in [2.05, 4.69) is 25.2 Å². The second-order valence-electron chi connectivity index (χ2n) is 8.39. The smallest absolute Gasteiger partial charge is 0.387 e. The Morgan fingerprint density at radius 1 is 1.16 bits per heavy atom. The summed E-state index contributed by atoms with van der Waals surface area (Å²) in [5, 5.41) is 10.6. The van der Waals surface area contributed by atoms with Crippen LogP contribution in [0.5, 0.6) is 0 Å².